The molecule has 1 saturated carbocycles. The molecule has 0 saturated heterocycles. The Bertz CT molecular complexity index is 456. The molecule has 1 fully saturated rings. The molecule has 1 aliphatic rings. The zero-order valence-electron chi connectivity index (χ0n) is 11.9. The van der Waals surface area contributed by atoms with Crippen LogP contribution in [0.3, 0.4) is 0 Å². The molecule has 110 valence electrons. The summed E-state index contributed by atoms with van der Waals surface area (Å²) in [6, 6.07) is 4.64. The molecule has 0 aliphatic heterocycles. The second kappa shape index (κ2) is 7.12. The third kappa shape index (κ3) is 3.85. The number of rotatable bonds is 6. The van der Waals surface area contributed by atoms with Gasteiger partial charge < -0.3 is 10.1 Å². The minimum absolute atomic E-state index is 0.0889. The Morgan fingerprint density at radius 3 is 2.75 bits per heavy atom. The normalized spacial score (nSPS) is 15.8. The molecule has 1 aromatic carbocycles. The second-order valence-corrected chi connectivity index (χ2v) is 5.36. The molecule has 1 aliphatic carbocycles. The first-order valence-electron chi connectivity index (χ1n) is 7.27. The first-order chi connectivity index (χ1) is 9.70. The van der Waals surface area contributed by atoms with Gasteiger partial charge in [-0.25, -0.2) is 0 Å². The maximum Gasteiger partial charge on any atom is 0.271 e. The van der Waals surface area contributed by atoms with E-state index in [1.165, 1.54) is 38.2 Å². The molecule has 20 heavy (non-hydrogen) atoms. The zero-order valence-corrected chi connectivity index (χ0v) is 11.9. The average Bonchev–Trinajstić information content (AvgIpc) is 2.48. The molecule has 0 radical (unpaired) electrons. The van der Waals surface area contributed by atoms with Crippen molar-refractivity contribution < 1.29 is 9.66 Å². The van der Waals surface area contributed by atoms with E-state index in [4.69, 9.17) is 4.74 Å². The number of nitro groups is 1. The van der Waals surface area contributed by atoms with Gasteiger partial charge in [-0.2, -0.15) is 0 Å². The summed E-state index contributed by atoms with van der Waals surface area (Å²) >= 11 is 0. The van der Waals surface area contributed by atoms with E-state index >= 15 is 0 Å². The fourth-order valence-corrected chi connectivity index (χ4v) is 2.83. The Balaban J connectivity index is 1.93. The number of hydrogen-bond acceptors (Lipinski definition) is 4. The van der Waals surface area contributed by atoms with E-state index in [0.29, 0.717) is 11.4 Å². The van der Waals surface area contributed by atoms with Gasteiger partial charge in [0.1, 0.15) is 5.75 Å². The quantitative estimate of drug-likeness (QED) is 0.631. The molecule has 5 nitrogen and oxygen atoms in total. The van der Waals surface area contributed by atoms with Crippen molar-refractivity contribution in [1.82, 2.24) is 0 Å². The van der Waals surface area contributed by atoms with Crippen LogP contribution in [0.15, 0.2) is 18.2 Å². The average molecular weight is 278 g/mol. The highest BCUT2D eigenvalue weighted by Crippen LogP contribution is 2.30. The van der Waals surface area contributed by atoms with Crippen LogP contribution < -0.4 is 10.1 Å². The van der Waals surface area contributed by atoms with Gasteiger partial charge in [0.05, 0.1) is 17.7 Å². The van der Waals surface area contributed by atoms with Crippen molar-refractivity contribution in [2.24, 2.45) is 5.92 Å². The number of methoxy groups -OCH3 is 1. The molecule has 2 rings (SSSR count). The second-order valence-electron chi connectivity index (χ2n) is 5.36. The maximum absolute atomic E-state index is 10.8. The van der Waals surface area contributed by atoms with E-state index in [-0.39, 0.29) is 10.6 Å². The van der Waals surface area contributed by atoms with Gasteiger partial charge >= 0.3 is 0 Å². The maximum atomic E-state index is 10.8. The topological polar surface area (TPSA) is 64.4 Å². The van der Waals surface area contributed by atoms with Gasteiger partial charge in [0.15, 0.2) is 0 Å². The number of benzene rings is 1. The highest BCUT2D eigenvalue weighted by Gasteiger charge is 2.14. The van der Waals surface area contributed by atoms with Gasteiger partial charge in [-0.05, 0) is 18.4 Å². The van der Waals surface area contributed by atoms with Crippen molar-refractivity contribution in [3.63, 3.8) is 0 Å². The van der Waals surface area contributed by atoms with Crippen LogP contribution in [0.5, 0.6) is 5.75 Å². The van der Waals surface area contributed by atoms with Gasteiger partial charge in [0.25, 0.3) is 5.69 Å². The first kappa shape index (κ1) is 14.6. The van der Waals surface area contributed by atoms with Crippen LogP contribution in [-0.4, -0.2) is 18.6 Å². The lowest BCUT2D eigenvalue weighted by atomic mass is 9.87. The lowest BCUT2D eigenvalue weighted by Gasteiger charge is -2.21. The third-order valence-electron chi connectivity index (χ3n) is 3.99. The molecule has 0 unspecified atom stereocenters. The number of nitrogens with one attached hydrogen (secondary N) is 1. The lowest BCUT2D eigenvalue weighted by molar-refractivity contribution is -0.384. The van der Waals surface area contributed by atoms with E-state index in [9.17, 15) is 10.1 Å². The number of ether oxygens (including phenoxy) is 1. The molecule has 1 aromatic rings. The molecule has 1 N–H and O–H groups in total. The van der Waals surface area contributed by atoms with E-state index in [0.717, 1.165) is 18.9 Å². The van der Waals surface area contributed by atoms with E-state index in [1.54, 1.807) is 19.2 Å². The monoisotopic (exact) mass is 278 g/mol. The summed E-state index contributed by atoms with van der Waals surface area (Å²) < 4.78 is 5.24. The largest absolute Gasteiger partial charge is 0.495 e. The van der Waals surface area contributed by atoms with Gasteiger partial charge in [0.2, 0.25) is 0 Å². The minimum atomic E-state index is -0.383. The summed E-state index contributed by atoms with van der Waals surface area (Å²) in [5, 5.41) is 14.1. The third-order valence-corrected chi connectivity index (χ3v) is 3.99. The van der Waals surface area contributed by atoms with Gasteiger partial charge in [-0.1, -0.05) is 32.1 Å². The molecule has 0 spiro atoms. The minimum Gasteiger partial charge on any atom is -0.495 e. The number of nitrogens with zero attached hydrogens (tertiary/aromatic N) is 1. The molecule has 0 aromatic heterocycles. The predicted molar refractivity (Wildman–Crippen MR) is 79.3 cm³/mol. The van der Waals surface area contributed by atoms with E-state index < -0.39 is 0 Å². The smallest absolute Gasteiger partial charge is 0.271 e. The van der Waals surface area contributed by atoms with Crippen LogP contribution >= 0.6 is 0 Å². The van der Waals surface area contributed by atoms with Crippen LogP contribution in [0.25, 0.3) is 0 Å². The van der Waals surface area contributed by atoms with Crippen LogP contribution in [-0.2, 0) is 0 Å². The number of non-ortho nitro benzene ring substituents is 1. The summed E-state index contributed by atoms with van der Waals surface area (Å²) in [5.74, 6) is 1.44. The number of anilines is 1. The fourth-order valence-electron chi connectivity index (χ4n) is 2.83. The highest BCUT2D eigenvalue weighted by atomic mass is 16.6. The fraction of sp³-hybridized carbons (Fsp3) is 0.600. The van der Waals surface area contributed by atoms with Crippen molar-refractivity contribution in [2.45, 2.75) is 38.5 Å². The van der Waals surface area contributed by atoms with Gasteiger partial charge in [-0.3, -0.25) is 10.1 Å². The SMILES string of the molecule is COc1ccc([N+](=O)[O-])cc1NCCC1CCCCC1. The molecular weight excluding hydrogens is 256 g/mol. The van der Waals surface area contributed by atoms with E-state index in [2.05, 4.69) is 5.32 Å². The van der Waals surface area contributed by atoms with Gasteiger partial charge in [-0.15, -0.1) is 0 Å². The number of nitro benzene ring substituents is 1. The van der Waals surface area contributed by atoms with Crippen molar-refractivity contribution in [3.8, 4) is 5.75 Å². The van der Waals surface area contributed by atoms with Crippen molar-refractivity contribution in [2.75, 3.05) is 19.0 Å². The Hall–Kier alpha value is -1.78. The van der Waals surface area contributed by atoms with Crippen LogP contribution in [0, 0.1) is 16.0 Å². The summed E-state index contributed by atoms with van der Waals surface area (Å²) in [5.41, 5.74) is 0.795. The molecule has 0 amide bonds. The van der Waals surface area contributed by atoms with Crippen molar-refractivity contribution >= 4 is 11.4 Å². The summed E-state index contributed by atoms with van der Waals surface area (Å²) in [6.45, 7) is 0.836. The number of hydrogen-bond donors (Lipinski definition) is 1. The van der Waals surface area contributed by atoms with Crippen molar-refractivity contribution in [1.29, 1.82) is 0 Å². The molecule has 5 heteroatoms. The van der Waals surface area contributed by atoms with E-state index in [1.807, 2.05) is 0 Å². The summed E-state index contributed by atoms with van der Waals surface area (Å²) in [4.78, 5) is 10.4. The summed E-state index contributed by atoms with van der Waals surface area (Å²) in [6.07, 6.45) is 7.78. The Labute approximate surface area is 119 Å². The standard InChI is InChI=1S/C15H22N2O3/c1-20-15-8-7-13(17(18)19)11-14(15)16-10-9-12-5-3-2-4-6-12/h7-8,11-12,16H,2-6,9-10H2,1H3. The first-order valence-corrected chi connectivity index (χ1v) is 7.27. The molecular formula is C15H22N2O3. The van der Waals surface area contributed by atoms with Crippen LogP contribution in [0.2, 0.25) is 0 Å². The molecule has 0 bridgehead atoms. The van der Waals surface area contributed by atoms with Crippen LogP contribution in [0.4, 0.5) is 11.4 Å². The Kier molecular flexibility index (Phi) is 5.21. The van der Waals surface area contributed by atoms with Crippen molar-refractivity contribution in [3.05, 3.63) is 28.3 Å². The molecule has 0 heterocycles. The predicted octanol–water partition coefficient (Wildman–Crippen LogP) is 3.99. The summed E-state index contributed by atoms with van der Waals surface area (Å²) in [7, 11) is 1.58. The Morgan fingerprint density at radius 1 is 1.35 bits per heavy atom. The van der Waals surface area contributed by atoms with Gasteiger partial charge in [0, 0.05) is 18.7 Å². The Morgan fingerprint density at radius 2 is 2.10 bits per heavy atom. The lowest BCUT2D eigenvalue weighted by Crippen LogP contribution is -2.12. The highest BCUT2D eigenvalue weighted by molar-refractivity contribution is 5.61. The molecule has 0 atom stereocenters. The zero-order chi connectivity index (χ0) is 14.4. The van der Waals surface area contributed by atoms with Crippen LogP contribution in [0.1, 0.15) is 38.5 Å².